The molecule has 0 bridgehead atoms. The van der Waals surface area contributed by atoms with Crippen molar-refractivity contribution in [3.05, 3.63) is 36.7 Å². The van der Waals surface area contributed by atoms with Gasteiger partial charge < -0.3 is 14.8 Å². The maximum atomic E-state index is 12.6. The fraction of sp³-hybridized carbons (Fsp3) is 0.556. The number of rotatable bonds is 6. The molecule has 2 aliphatic rings. The molecule has 2 atom stereocenters. The summed E-state index contributed by atoms with van der Waals surface area (Å²) in [7, 11) is 1.93. The van der Waals surface area contributed by atoms with Crippen molar-refractivity contribution in [1.29, 1.82) is 0 Å². The number of aryl methyl sites for hydroxylation is 2. The number of piperidine rings is 1. The zero-order chi connectivity index (χ0) is 18.1. The smallest absolute Gasteiger partial charge is 0.223 e. The predicted molar refractivity (Wildman–Crippen MR) is 93.8 cm³/mol. The number of hydrogen-bond donors (Lipinski definition) is 1. The third-order valence-corrected chi connectivity index (χ3v) is 5.17. The molecule has 26 heavy (non-hydrogen) atoms. The minimum absolute atomic E-state index is 0.0187. The fourth-order valence-electron chi connectivity index (χ4n) is 3.74. The van der Waals surface area contributed by atoms with Crippen molar-refractivity contribution in [3.63, 3.8) is 0 Å². The monoisotopic (exact) mass is 356 g/mol. The van der Waals surface area contributed by atoms with E-state index in [0.717, 1.165) is 18.7 Å². The third kappa shape index (κ3) is 3.36. The summed E-state index contributed by atoms with van der Waals surface area (Å²) in [6.45, 7) is 0.546. The van der Waals surface area contributed by atoms with Crippen molar-refractivity contribution in [2.75, 3.05) is 0 Å². The summed E-state index contributed by atoms with van der Waals surface area (Å²) in [6.07, 6.45) is 10.7. The Morgan fingerprint density at radius 1 is 1.27 bits per heavy atom. The van der Waals surface area contributed by atoms with Gasteiger partial charge in [-0.2, -0.15) is 5.10 Å². The van der Waals surface area contributed by atoms with Gasteiger partial charge in [0.05, 0.1) is 6.04 Å². The van der Waals surface area contributed by atoms with Gasteiger partial charge in [0.15, 0.2) is 0 Å². The zero-order valence-electron chi connectivity index (χ0n) is 14.9. The van der Waals surface area contributed by atoms with Crippen LogP contribution in [0.25, 0.3) is 0 Å². The lowest BCUT2D eigenvalue weighted by Gasteiger charge is -2.41. The molecule has 0 spiro atoms. The average Bonchev–Trinajstić information content (AvgIpc) is 3.14. The molecule has 1 saturated heterocycles. The summed E-state index contributed by atoms with van der Waals surface area (Å²) in [5.41, 5.74) is 0. The van der Waals surface area contributed by atoms with Gasteiger partial charge in [-0.1, -0.05) is 0 Å². The van der Waals surface area contributed by atoms with Crippen molar-refractivity contribution in [2.24, 2.45) is 7.05 Å². The van der Waals surface area contributed by atoms with Crippen LogP contribution in [-0.4, -0.2) is 48.1 Å². The fourth-order valence-corrected chi connectivity index (χ4v) is 3.74. The Bertz CT molecular complexity index is 779. The van der Waals surface area contributed by atoms with Crippen LogP contribution in [0.3, 0.4) is 0 Å². The first-order valence-electron chi connectivity index (χ1n) is 9.18. The van der Waals surface area contributed by atoms with E-state index in [9.17, 15) is 9.59 Å². The maximum Gasteiger partial charge on any atom is 0.223 e. The van der Waals surface area contributed by atoms with Gasteiger partial charge in [0.2, 0.25) is 11.8 Å². The lowest BCUT2D eigenvalue weighted by atomic mass is 9.94. The molecule has 1 N–H and O–H groups in total. The van der Waals surface area contributed by atoms with E-state index in [0.29, 0.717) is 25.8 Å². The van der Waals surface area contributed by atoms with E-state index in [4.69, 9.17) is 0 Å². The van der Waals surface area contributed by atoms with E-state index in [-0.39, 0.29) is 29.9 Å². The largest absolute Gasteiger partial charge is 0.351 e. The molecule has 2 fully saturated rings. The van der Waals surface area contributed by atoms with E-state index < -0.39 is 0 Å². The van der Waals surface area contributed by atoms with Gasteiger partial charge in [0.1, 0.15) is 11.9 Å². The van der Waals surface area contributed by atoms with Crippen LogP contribution in [0.5, 0.6) is 0 Å². The molecule has 8 nitrogen and oxygen atoms in total. The van der Waals surface area contributed by atoms with E-state index >= 15 is 0 Å². The summed E-state index contributed by atoms with van der Waals surface area (Å²) >= 11 is 0. The normalized spacial score (nSPS) is 23.3. The summed E-state index contributed by atoms with van der Waals surface area (Å²) in [5, 5.41) is 7.28. The molecule has 1 aliphatic heterocycles. The Kier molecular flexibility index (Phi) is 4.48. The number of nitrogens with zero attached hydrogens (tertiary/aromatic N) is 5. The van der Waals surface area contributed by atoms with Crippen LogP contribution in [0.15, 0.2) is 30.9 Å². The standard InChI is InChI=1S/C18H24N6O2/c1-22-12-9-19-18(22)17-14(5-6-16(26)24(17)13-3-4-13)21-15(25)7-11-23-10-2-8-20-23/h2,8-10,12-14,17H,3-7,11H2,1H3,(H,21,25)/t14-,17-/m1/s1. The molecule has 0 radical (unpaired) electrons. The molecule has 2 amide bonds. The molecule has 1 aliphatic carbocycles. The minimum Gasteiger partial charge on any atom is -0.351 e. The quantitative estimate of drug-likeness (QED) is 0.837. The molecule has 1 saturated carbocycles. The highest BCUT2D eigenvalue weighted by Crippen LogP contribution is 2.40. The number of carbonyl (C=O) groups excluding carboxylic acids is 2. The second-order valence-electron chi connectivity index (χ2n) is 7.11. The number of nitrogens with one attached hydrogen (secondary N) is 1. The van der Waals surface area contributed by atoms with Gasteiger partial charge in [-0.05, 0) is 25.3 Å². The zero-order valence-corrected chi connectivity index (χ0v) is 14.9. The third-order valence-electron chi connectivity index (χ3n) is 5.17. The van der Waals surface area contributed by atoms with Crippen LogP contribution in [0.4, 0.5) is 0 Å². The van der Waals surface area contributed by atoms with Crippen LogP contribution in [-0.2, 0) is 23.2 Å². The highest BCUT2D eigenvalue weighted by molar-refractivity contribution is 5.80. The van der Waals surface area contributed by atoms with Crippen molar-refractivity contribution in [1.82, 2.24) is 29.5 Å². The molecular weight excluding hydrogens is 332 g/mol. The van der Waals surface area contributed by atoms with Crippen LogP contribution in [0, 0.1) is 0 Å². The van der Waals surface area contributed by atoms with E-state index in [2.05, 4.69) is 15.4 Å². The van der Waals surface area contributed by atoms with Crippen LogP contribution >= 0.6 is 0 Å². The molecule has 4 rings (SSSR count). The Hall–Kier alpha value is -2.64. The van der Waals surface area contributed by atoms with E-state index in [1.165, 1.54) is 0 Å². The van der Waals surface area contributed by atoms with Crippen LogP contribution in [0.1, 0.15) is 44.0 Å². The summed E-state index contributed by atoms with van der Waals surface area (Å²) < 4.78 is 3.69. The maximum absolute atomic E-state index is 12.6. The van der Waals surface area contributed by atoms with E-state index in [1.807, 2.05) is 35.0 Å². The summed E-state index contributed by atoms with van der Waals surface area (Å²) in [6, 6.07) is 1.82. The van der Waals surface area contributed by atoms with Gasteiger partial charge in [0.25, 0.3) is 0 Å². The molecule has 8 heteroatoms. The molecule has 2 aromatic rings. The number of imidazole rings is 1. The number of hydrogen-bond acceptors (Lipinski definition) is 4. The highest BCUT2D eigenvalue weighted by atomic mass is 16.2. The summed E-state index contributed by atoms with van der Waals surface area (Å²) in [5.74, 6) is 0.986. The minimum atomic E-state index is -0.197. The Labute approximate surface area is 152 Å². The van der Waals surface area contributed by atoms with Crippen molar-refractivity contribution in [2.45, 2.75) is 56.8 Å². The van der Waals surface area contributed by atoms with Gasteiger partial charge in [-0.25, -0.2) is 4.98 Å². The van der Waals surface area contributed by atoms with Crippen molar-refractivity contribution >= 4 is 11.8 Å². The van der Waals surface area contributed by atoms with Crippen molar-refractivity contribution < 1.29 is 9.59 Å². The summed E-state index contributed by atoms with van der Waals surface area (Å²) in [4.78, 5) is 31.5. The second kappa shape index (κ2) is 6.93. The first-order valence-corrected chi connectivity index (χ1v) is 9.18. The highest BCUT2D eigenvalue weighted by Gasteiger charge is 2.46. The van der Waals surface area contributed by atoms with Gasteiger partial charge in [-0.3, -0.25) is 14.3 Å². The van der Waals surface area contributed by atoms with Crippen molar-refractivity contribution in [3.8, 4) is 0 Å². The first kappa shape index (κ1) is 16.8. The Morgan fingerprint density at radius 3 is 2.77 bits per heavy atom. The SMILES string of the molecule is Cn1ccnc1[C@H]1[C@H](NC(=O)CCn2cccn2)CCC(=O)N1C1CC1. The number of amides is 2. The van der Waals surface area contributed by atoms with Gasteiger partial charge in [-0.15, -0.1) is 0 Å². The second-order valence-corrected chi connectivity index (χ2v) is 7.11. The molecule has 2 aromatic heterocycles. The lowest BCUT2D eigenvalue weighted by molar-refractivity contribution is -0.140. The molecule has 0 unspecified atom stereocenters. The molecule has 138 valence electrons. The first-order chi connectivity index (χ1) is 12.6. The Morgan fingerprint density at radius 2 is 2.12 bits per heavy atom. The van der Waals surface area contributed by atoms with Gasteiger partial charge in [0, 0.05) is 57.3 Å². The lowest BCUT2D eigenvalue weighted by Crippen LogP contribution is -2.53. The van der Waals surface area contributed by atoms with Crippen LogP contribution < -0.4 is 5.32 Å². The molecule has 3 heterocycles. The number of likely N-dealkylation sites (tertiary alicyclic amines) is 1. The van der Waals surface area contributed by atoms with E-state index in [1.54, 1.807) is 17.1 Å². The predicted octanol–water partition coefficient (Wildman–Crippen LogP) is 1.02. The average molecular weight is 356 g/mol. The Balaban J connectivity index is 1.50. The topological polar surface area (TPSA) is 85.0 Å². The molecular formula is C18H24N6O2. The van der Waals surface area contributed by atoms with Gasteiger partial charge >= 0.3 is 0 Å². The number of aromatic nitrogens is 4. The number of carbonyl (C=O) groups is 2. The molecule has 0 aromatic carbocycles. The van der Waals surface area contributed by atoms with Crippen LogP contribution in [0.2, 0.25) is 0 Å².